The van der Waals surface area contributed by atoms with Crippen molar-refractivity contribution in [1.29, 1.82) is 0 Å². The van der Waals surface area contributed by atoms with Crippen molar-refractivity contribution in [2.75, 3.05) is 0 Å². The highest BCUT2D eigenvalue weighted by atomic mass is 35.5. The molecule has 0 aromatic heterocycles. The summed E-state index contributed by atoms with van der Waals surface area (Å²) in [5.74, 6) is 2.94. The minimum absolute atomic E-state index is 0.0178. The summed E-state index contributed by atoms with van der Waals surface area (Å²) in [6.45, 7) is 0. The Hall–Kier alpha value is 0.537. The second-order valence-electron chi connectivity index (χ2n) is 6.48. The Bertz CT molecular complexity index is 278. The molecule has 0 aliphatic heterocycles. The first-order valence-corrected chi connectivity index (χ1v) is 10.9. The van der Waals surface area contributed by atoms with E-state index in [2.05, 4.69) is 12.2 Å². The SMILES string of the molecule is ClC(Cl)[SiH2]CCCCCCCCC1CC2C=CC1C2. The molecule has 0 amide bonds. The molecular weight excluding hydrogens is 291 g/mol. The molecule has 0 nitrogen and oxygen atoms in total. The molecule has 0 spiro atoms. The third-order valence-corrected chi connectivity index (χ3v) is 7.57. The van der Waals surface area contributed by atoms with Gasteiger partial charge in [-0.1, -0.05) is 56.7 Å². The smallest absolute Gasteiger partial charge is 0.0908 e. The fraction of sp³-hybridized carbons (Fsp3) is 0.875. The summed E-state index contributed by atoms with van der Waals surface area (Å²) < 4.78 is -0.0178. The Morgan fingerprint density at radius 2 is 1.68 bits per heavy atom. The first-order valence-electron chi connectivity index (χ1n) is 8.22. The van der Waals surface area contributed by atoms with Crippen molar-refractivity contribution in [1.82, 2.24) is 0 Å². The molecule has 2 rings (SSSR count). The van der Waals surface area contributed by atoms with Gasteiger partial charge in [0.1, 0.15) is 0 Å². The molecule has 2 aliphatic rings. The molecule has 0 radical (unpaired) electrons. The van der Waals surface area contributed by atoms with Gasteiger partial charge in [-0.3, -0.25) is 0 Å². The molecule has 0 heterocycles. The lowest BCUT2D eigenvalue weighted by molar-refractivity contribution is 0.394. The molecule has 1 fully saturated rings. The monoisotopic (exact) mass is 318 g/mol. The van der Waals surface area contributed by atoms with E-state index in [1.807, 2.05) is 0 Å². The van der Waals surface area contributed by atoms with Gasteiger partial charge in [0.05, 0.1) is 14.0 Å². The van der Waals surface area contributed by atoms with E-state index in [-0.39, 0.29) is 14.0 Å². The predicted molar refractivity (Wildman–Crippen MR) is 90.0 cm³/mol. The summed E-state index contributed by atoms with van der Waals surface area (Å²) >= 11 is 11.5. The van der Waals surface area contributed by atoms with Crippen LogP contribution in [0.4, 0.5) is 0 Å². The molecule has 3 heteroatoms. The highest BCUT2D eigenvalue weighted by Crippen LogP contribution is 2.45. The van der Waals surface area contributed by atoms with Crippen LogP contribution in [0.3, 0.4) is 0 Å². The van der Waals surface area contributed by atoms with Gasteiger partial charge in [-0.25, -0.2) is 0 Å². The van der Waals surface area contributed by atoms with Gasteiger partial charge >= 0.3 is 0 Å². The Balaban J connectivity index is 1.36. The molecule has 2 aliphatic carbocycles. The molecular formula is C16H28Cl2Si. The zero-order valence-electron chi connectivity index (χ0n) is 12.0. The molecule has 0 saturated heterocycles. The average Bonchev–Trinajstić information content (AvgIpc) is 2.98. The zero-order chi connectivity index (χ0) is 13.5. The molecule has 3 unspecified atom stereocenters. The summed E-state index contributed by atoms with van der Waals surface area (Å²) in [4.78, 5) is 0. The maximum Gasteiger partial charge on any atom is 0.0908 e. The van der Waals surface area contributed by atoms with Crippen LogP contribution >= 0.6 is 23.2 Å². The van der Waals surface area contributed by atoms with E-state index < -0.39 is 0 Å². The fourth-order valence-corrected chi connectivity index (χ4v) is 5.69. The van der Waals surface area contributed by atoms with Crippen molar-refractivity contribution < 1.29 is 0 Å². The van der Waals surface area contributed by atoms with E-state index in [4.69, 9.17) is 23.2 Å². The molecule has 0 N–H and O–H groups in total. The second-order valence-corrected chi connectivity index (χ2v) is 10.9. The molecule has 110 valence electrons. The van der Waals surface area contributed by atoms with Crippen molar-refractivity contribution >= 4 is 32.7 Å². The molecule has 19 heavy (non-hydrogen) atoms. The third kappa shape index (κ3) is 5.81. The minimum atomic E-state index is -0.188. The summed E-state index contributed by atoms with van der Waals surface area (Å²) in [5.41, 5.74) is 0. The number of hydrogen-bond donors (Lipinski definition) is 0. The van der Waals surface area contributed by atoms with Crippen molar-refractivity contribution in [3.05, 3.63) is 12.2 Å². The van der Waals surface area contributed by atoms with Crippen LogP contribution in [-0.2, 0) is 0 Å². The van der Waals surface area contributed by atoms with Gasteiger partial charge in [-0.05, 0) is 37.0 Å². The van der Waals surface area contributed by atoms with Crippen LogP contribution in [0.5, 0.6) is 0 Å². The summed E-state index contributed by atoms with van der Waals surface area (Å²) in [6, 6.07) is 1.33. The number of allylic oxidation sites excluding steroid dienone is 2. The second kappa shape index (κ2) is 8.74. The van der Waals surface area contributed by atoms with Crippen molar-refractivity contribution in [2.24, 2.45) is 17.8 Å². The van der Waals surface area contributed by atoms with E-state index in [0.717, 1.165) is 17.8 Å². The van der Waals surface area contributed by atoms with E-state index in [9.17, 15) is 0 Å². The van der Waals surface area contributed by atoms with Crippen molar-refractivity contribution in [2.45, 2.75) is 68.3 Å². The quantitative estimate of drug-likeness (QED) is 0.222. The lowest BCUT2D eigenvalue weighted by Crippen LogP contribution is -2.06. The van der Waals surface area contributed by atoms with Crippen LogP contribution < -0.4 is 0 Å². The van der Waals surface area contributed by atoms with E-state index in [0.29, 0.717) is 0 Å². The molecule has 2 bridgehead atoms. The van der Waals surface area contributed by atoms with Gasteiger partial charge in [0.2, 0.25) is 0 Å². The first-order chi connectivity index (χ1) is 9.25. The number of unbranched alkanes of at least 4 members (excludes halogenated alkanes) is 5. The van der Waals surface area contributed by atoms with E-state index in [1.54, 1.807) is 0 Å². The molecule has 0 aromatic rings. The van der Waals surface area contributed by atoms with Crippen LogP contribution in [-0.4, -0.2) is 14.0 Å². The number of rotatable bonds is 10. The Morgan fingerprint density at radius 1 is 0.947 bits per heavy atom. The predicted octanol–water partition coefficient (Wildman–Crippen LogP) is 5.28. The number of fused-ring (bicyclic) bond motifs is 2. The minimum Gasteiger partial charge on any atom is -0.110 e. The van der Waals surface area contributed by atoms with Crippen LogP contribution in [0.1, 0.15) is 57.8 Å². The Labute approximate surface area is 131 Å². The topological polar surface area (TPSA) is 0 Å². The lowest BCUT2D eigenvalue weighted by Gasteiger charge is -2.17. The van der Waals surface area contributed by atoms with E-state index >= 15 is 0 Å². The van der Waals surface area contributed by atoms with Crippen molar-refractivity contribution in [3.63, 3.8) is 0 Å². The van der Waals surface area contributed by atoms with Crippen LogP contribution in [0.15, 0.2) is 12.2 Å². The van der Waals surface area contributed by atoms with Gasteiger partial charge in [0.15, 0.2) is 0 Å². The summed E-state index contributed by atoms with van der Waals surface area (Å²) in [6.07, 6.45) is 17.9. The van der Waals surface area contributed by atoms with Gasteiger partial charge in [-0.2, -0.15) is 0 Å². The lowest BCUT2D eigenvalue weighted by atomic mass is 9.88. The highest BCUT2D eigenvalue weighted by molar-refractivity contribution is 6.68. The van der Waals surface area contributed by atoms with Gasteiger partial charge in [-0.15, -0.1) is 23.2 Å². The number of hydrogen-bond acceptors (Lipinski definition) is 0. The van der Waals surface area contributed by atoms with Gasteiger partial charge in [0.25, 0.3) is 0 Å². The summed E-state index contributed by atoms with van der Waals surface area (Å²) in [7, 11) is -0.188. The number of halogens is 2. The van der Waals surface area contributed by atoms with E-state index in [1.165, 1.54) is 63.8 Å². The normalized spacial score (nSPS) is 29.3. The van der Waals surface area contributed by atoms with Gasteiger partial charge in [0, 0.05) is 0 Å². The van der Waals surface area contributed by atoms with Crippen LogP contribution in [0.25, 0.3) is 0 Å². The zero-order valence-corrected chi connectivity index (χ0v) is 14.9. The summed E-state index contributed by atoms with van der Waals surface area (Å²) in [5, 5.41) is 0. The van der Waals surface area contributed by atoms with Gasteiger partial charge < -0.3 is 0 Å². The first kappa shape index (κ1) is 15.9. The Kier molecular flexibility index (Phi) is 7.32. The molecule has 3 atom stereocenters. The fourth-order valence-electron chi connectivity index (χ4n) is 3.82. The Morgan fingerprint density at radius 3 is 2.32 bits per heavy atom. The molecule has 1 saturated carbocycles. The molecule has 0 aromatic carbocycles. The average molecular weight is 319 g/mol. The standard InChI is InChI=1S/C16H28Cl2Si/c17-16(18)19-10-6-4-2-1-3-5-7-14-11-13-8-9-15(14)12-13/h8-9,13-16H,1-7,10-12,19H2. The highest BCUT2D eigenvalue weighted by Gasteiger charge is 2.34. The maximum atomic E-state index is 5.77. The van der Waals surface area contributed by atoms with Crippen LogP contribution in [0, 0.1) is 17.8 Å². The van der Waals surface area contributed by atoms with Crippen LogP contribution in [0.2, 0.25) is 6.04 Å². The third-order valence-electron chi connectivity index (χ3n) is 4.91. The largest absolute Gasteiger partial charge is 0.110 e. The maximum absolute atomic E-state index is 5.77. The number of alkyl halides is 2. The van der Waals surface area contributed by atoms with Crippen molar-refractivity contribution in [3.8, 4) is 0 Å².